The molecule has 0 atom stereocenters. The maximum atomic E-state index is 5.29. The Labute approximate surface area is 113 Å². The first kappa shape index (κ1) is 15.4. The summed E-state index contributed by atoms with van der Waals surface area (Å²) in [7, 11) is 3.18. The Morgan fingerprint density at radius 2 is 1.84 bits per heavy atom. The molecule has 0 unspecified atom stereocenters. The van der Waals surface area contributed by atoms with Gasteiger partial charge in [-0.2, -0.15) is 15.0 Å². The van der Waals surface area contributed by atoms with Crippen LogP contribution in [0.5, 0.6) is 6.01 Å². The zero-order valence-corrected chi connectivity index (χ0v) is 11.9. The van der Waals surface area contributed by atoms with Crippen molar-refractivity contribution in [3.8, 4) is 6.01 Å². The van der Waals surface area contributed by atoms with E-state index in [1.807, 2.05) is 0 Å². The molecule has 1 heterocycles. The molecule has 0 amide bonds. The Kier molecular flexibility index (Phi) is 5.71. The molecule has 0 saturated carbocycles. The molecule has 0 bridgehead atoms. The lowest BCUT2D eigenvalue weighted by atomic mass is 9.90. The summed E-state index contributed by atoms with van der Waals surface area (Å²) in [4.78, 5) is 12.1. The van der Waals surface area contributed by atoms with E-state index in [1.165, 1.54) is 7.11 Å². The number of hydrazine groups is 1. The molecule has 0 radical (unpaired) electrons. The van der Waals surface area contributed by atoms with Crippen molar-refractivity contribution in [2.24, 2.45) is 11.3 Å². The van der Waals surface area contributed by atoms with Crippen molar-refractivity contribution in [1.29, 1.82) is 0 Å². The molecule has 0 aliphatic rings. The van der Waals surface area contributed by atoms with E-state index in [2.05, 4.69) is 39.5 Å². The summed E-state index contributed by atoms with van der Waals surface area (Å²) < 4.78 is 10.1. The number of anilines is 2. The predicted octanol–water partition coefficient (Wildman–Crippen LogP) is 0.640. The molecule has 108 valence electrons. The van der Waals surface area contributed by atoms with Crippen LogP contribution in [0.4, 0.5) is 11.9 Å². The summed E-state index contributed by atoms with van der Waals surface area (Å²) in [5.41, 5.74) is 2.43. The second-order valence-corrected chi connectivity index (χ2v) is 4.87. The van der Waals surface area contributed by atoms with E-state index in [9.17, 15) is 0 Å². The van der Waals surface area contributed by atoms with E-state index < -0.39 is 0 Å². The fourth-order valence-corrected chi connectivity index (χ4v) is 1.38. The lowest BCUT2D eigenvalue weighted by molar-refractivity contribution is 0.157. The van der Waals surface area contributed by atoms with Crippen LogP contribution in [0.15, 0.2) is 0 Å². The van der Waals surface area contributed by atoms with Crippen molar-refractivity contribution in [3.63, 3.8) is 0 Å². The third-order valence-electron chi connectivity index (χ3n) is 2.63. The second-order valence-electron chi connectivity index (χ2n) is 4.87. The minimum absolute atomic E-state index is 0.0617. The molecule has 0 aliphatic carbocycles. The van der Waals surface area contributed by atoms with E-state index >= 15 is 0 Å². The van der Waals surface area contributed by atoms with Gasteiger partial charge in [-0.05, 0) is 11.8 Å². The molecule has 1 rings (SSSR count). The van der Waals surface area contributed by atoms with Crippen LogP contribution in [0.3, 0.4) is 0 Å². The summed E-state index contributed by atoms with van der Waals surface area (Å²) in [6.45, 7) is 5.69. The second kappa shape index (κ2) is 7.05. The fourth-order valence-electron chi connectivity index (χ4n) is 1.38. The highest BCUT2D eigenvalue weighted by Crippen LogP contribution is 2.21. The van der Waals surface area contributed by atoms with Gasteiger partial charge in [0.2, 0.25) is 11.9 Å². The van der Waals surface area contributed by atoms with E-state index in [0.29, 0.717) is 19.1 Å². The van der Waals surface area contributed by atoms with Gasteiger partial charge in [0.1, 0.15) is 0 Å². The average Bonchev–Trinajstić information content (AvgIpc) is 2.42. The van der Waals surface area contributed by atoms with Gasteiger partial charge in [0.15, 0.2) is 0 Å². The van der Waals surface area contributed by atoms with Gasteiger partial charge in [0, 0.05) is 20.3 Å². The summed E-state index contributed by atoms with van der Waals surface area (Å²) in [6.07, 6.45) is 0.931. The van der Waals surface area contributed by atoms with Crippen LogP contribution in [-0.2, 0) is 4.74 Å². The van der Waals surface area contributed by atoms with Gasteiger partial charge in [0.05, 0.1) is 7.11 Å². The summed E-state index contributed by atoms with van der Waals surface area (Å²) in [5.74, 6) is 5.96. The molecule has 19 heavy (non-hydrogen) atoms. The SMILES string of the molecule is COCCC(C)(C)CNc1nc(NN)nc(OC)n1. The van der Waals surface area contributed by atoms with Gasteiger partial charge < -0.3 is 14.8 Å². The number of hydrogen-bond acceptors (Lipinski definition) is 8. The van der Waals surface area contributed by atoms with Gasteiger partial charge in [-0.15, -0.1) is 0 Å². The van der Waals surface area contributed by atoms with Crippen LogP contribution < -0.4 is 21.3 Å². The molecule has 1 aromatic heterocycles. The van der Waals surface area contributed by atoms with Gasteiger partial charge in [0.25, 0.3) is 0 Å². The lowest BCUT2D eigenvalue weighted by Crippen LogP contribution is -2.26. The average molecular weight is 270 g/mol. The molecule has 8 nitrogen and oxygen atoms in total. The number of hydrogen-bond donors (Lipinski definition) is 3. The van der Waals surface area contributed by atoms with E-state index in [1.54, 1.807) is 7.11 Å². The fraction of sp³-hybridized carbons (Fsp3) is 0.727. The Bertz CT molecular complexity index is 377. The minimum atomic E-state index is 0.0617. The number of rotatable bonds is 8. The van der Waals surface area contributed by atoms with Crippen LogP contribution in [0.1, 0.15) is 20.3 Å². The standard InChI is InChI=1S/C11H22N6O2/c1-11(2,5-6-18-3)7-13-8-14-9(17-12)16-10(15-8)19-4/h5-7,12H2,1-4H3,(H2,13,14,15,16,17). The molecule has 0 fully saturated rings. The molecule has 0 saturated heterocycles. The molecule has 0 aliphatic heterocycles. The van der Waals surface area contributed by atoms with Gasteiger partial charge >= 0.3 is 6.01 Å². The zero-order valence-electron chi connectivity index (χ0n) is 11.9. The first-order valence-corrected chi connectivity index (χ1v) is 6.00. The van der Waals surface area contributed by atoms with Crippen LogP contribution in [0.2, 0.25) is 0 Å². The monoisotopic (exact) mass is 270 g/mol. The summed E-state index contributed by atoms with van der Waals surface area (Å²) >= 11 is 0. The Morgan fingerprint density at radius 3 is 2.42 bits per heavy atom. The zero-order chi connectivity index (χ0) is 14.3. The Hall–Kier alpha value is -1.67. The molecular formula is C11H22N6O2. The topological polar surface area (TPSA) is 107 Å². The summed E-state index contributed by atoms with van der Waals surface area (Å²) in [5, 5.41) is 3.15. The summed E-state index contributed by atoms with van der Waals surface area (Å²) in [6, 6.07) is 0.208. The van der Waals surface area contributed by atoms with E-state index in [4.69, 9.17) is 15.3 Å². The van der Waals surface area contributed by atoms with Crippen molar-refractivity contribution in [3.05, 3.63) is 0 Å². The number of nitrogens with two attached hydrogens (primary N) is 1. The number of nitrogens with one attached hydrogen (secondary N) is 2. The molecule has 4 N–H and O–H groups in total. The minimum Gasteiger partial charge on any atom is -0.467 e. The smallest absolute Gasteiger partial charge is 0.322 e. The van der Waals surface area contributed by atoms with Crippen molar-refractivity contribution < 1.29 is 9.47 Å². The highest BCUT2D eigenvalue weighted by Gasteiger charge is 2.18. The molecule has 0 aromatic carbocycles. The number of methoxy groups -OCH3 is 2. The predicted molar refractivity (Wildman–Crippen MR) is 73.0 cm³/mol. The Morgan fingerprint density at radius 1 is 1.16 bits per heavy atom. The number of ether oxygens (including phenoxy) is 2. The number of nitrogens with zero attached hydrogens (tertiary/aromatic N) is 3. The molecule has 1 aromatic rings. The van der Waals surface area contributed by atoms with Crippen molar-refractivity contribution in [2.45, 2.75) is 20.3 Å². The first-order valence-electron chi connectivity index (χ1n) is 6.00. The Balaban J connectivity index is 2.66. The van der Waals surface area contributed by atoms with Gasteiger partial charge in [-0.25, -0.2) is 5.84 Å². The van der Waals surface area contributed by atoms with E-state index in [-0.39, 0.29) is 17.4 Å². The largest absolute Gasteiger partial charge is 0.467 e. The van der Waals surface area contributed by atoms with Crippen LogP contribution in [-0.4, -0.2) is 42.3 Å². The van der Waals surface area contributed by atoms with Gasteiger partial charge in [-0.3, -0.25) is 5.43 Å². The van der Waals surface area contributed by atoms with E-state index in [0.717, 1.165) is 6.42 Å². The first-order chi connectivity index (χ1) is 9.00. The van der Waals surface area contributed by atoms with Gasteiger partial charge in [-0.1, -0.05) is 13.8 Å². The highest BCUT2D eigenvalue weighted by molar-refractivity contribution is 5.35. The lowest BCUT2D eigenvalue weighted by Gasteiger charge is -2.24. The van der Waals surface area contributed by atoms with Crippen molar-refractivity contribution >= 4 is 11.9 Å². The van der Waals surface area contributed by atoms with Crippen molar-refractivity contribution in [1.82, 2.24) is 15.0 Å². The maximum Gasteiger partial charge on any atom is 0.322 e. The third-order valence-corrected chi connectivity index (χ3v) is 2.63. The van der Waals surface area contributed by atoms with Crippen LogP contribution >= 0.6 is 0 Å². The molecule has 0 spiro atoms. The quantitative estimate of drug-likeness (QED) is 0.466. The molecule has 8 heteroatoms. The number of aromatic nitrogens is 3. The van der Waals surface area contributed by atoms with Crippen LogP contribution in [0.25, 0.3) is 0 Å². The van der Waals surface area contributed by atoms with Crippen molar-refractivity contribution in [2.75, 3.05) is 38.1 Å². The highest BCUT2D eigenvalue weighted by atomic mass is 16.5. The van der Waals surface area contributed by atoms with Crippen LogP contribution in [0, 0.1) is 5.41 Å². The maximum absolute atomic E-state index is 5.29. The molecular weight excluding hydrogens is 248 g/mol. The normalized spacial score (nSPS) is 11.2. The third kappa shape index (κ3) is 5.23. The number of nitrogen functional groups attached to an aromatic ring is 1.